The Hall–Kier alpha value is -3.28. The van der Waals surface area contributed by atoms with Gasteiger partial charge in [-0.05, 0) is 73.5 Å². The van der Waals surface area contributed by atoms with Gasteiger partial charge in [0.1, 0.15) is 11.5 Å². The van der Waals surface area contributed by atoms with E-state index in [0.29, 0.717) is 39.2 Å². The number of amides is 1. The van der Waals surface area contributed by atoms with Crippen LogP contribution in [0.1, 0.15) is 29.7 Å². The minimum atomic E-state index is -0.854. The van der Waals surface area contributed by atoms with Gasteiger partial charge in [0.05, 0.1) is 18.2 Å². The van der Waals surface area contributed by atoms with Gasteiger partial charge in [-0.25, -0.2) is 0 Å². The predicted molar refractivity (Wildman–Crippen MR) is 130 cm³/mol. The molecule has 168 valence electrons. The summed E-state index contributed by atoms with van der Waals surface area (Å²) in [6, 6.07) is 17.8. The van der Waals surface area contributed by atoms with Gasteiger partial charge >= 0.3 is 0 Å². The fourth-order valence-corrected chi connectivity index (χ4v) is 4.12. The van der Waals surface area contributed by atoms with E-state index < -0.39 is 17.7 Å². The lowest BCUT2D eigenvalue weighted by molar-refractivity contribution is -0.132. The third kappa shape index (κ3) is 4.34. The Kier molecular flexibility index (Phi) is 6.45. The number of carbonyl (C=O) groups is 2. The van der Waals surface area contributed by atoms with Crippen LogP contribution in [0.25, 0.3) is 5.76 Å². The molecule has 1 aliphatic heterocycles. The summed E-state index contributed by atoms with van der Waals surface area (Å²) in [5, 5.41) is 12.1. The fourth-order valence-electron chi connectivity index (χ4n) is 3.82. The van der Waals surface area contributed by atoms with Crippen molar-refractivity contribution in [1.29, 1.82) is 0 Å². The molecule has 3 aromatic carbocycles. The van der Waals surface area contributed by atoms with Gasteiger partial charge in [0, 0.05) is 21.3 Å². The zero-order chi connectivity index (χ0) is 23.7. The highest BCUT2D eigenvalue weighted by Gasteiger charge is 2.47. The second kappa shape index (κ2) is 9.30. The van der Waals surface area contributed by atoms with Crippen LogP contribution in [0.4, 0.5) is 5.69 Å². The number of rotatable bonds is 5. The molecular formula is C26H21Cl2NO4. The Bertz CT molecular complexity index is 1250. The summed E-state index contributed by atoms with van der Waals surface area (Å²) in [6.07, 6.45) is 0. The van der Waals surface area contributed by atoms with E-state index in [0.717, 1.165) is 5.56 Å². The lowest BCUT2D eigenvalue weighted by Crippen LogP contribution is -2.29. The number of aliphatic hydroxyl groups is 1. The number of hydrogen-bond acceptors (Lipinski definition) is 4. The van der Waals surface area contributed by atoms with Crippen LogP contribution in [0.2, 0.25) is 10.0 Å². The molecule has 0 saturated carbocycles. The average Bonchev–Trinajstić information content (AvgIpc) is 3.07. The van der Waals surface area contributed by atoms with E-state index in [1.54, 1.807) is 66.7 Å². The molecule has 1 N–H and O–H groups in total. The van der Waals surface area contributed by atoms with E-state index in [-0.39, 0.29) is 11.3 Å². The SMILES string of the molecule is CCOc1ccc(/C(O)=C2\C(=O)C(=O)N(c3ccc(C)c(Cl)c3)C2c2ccc(Cl)cc2)cc1. The van der Waals surface area contributed by atoms with E-state index in [9.17, 15) is 14.7 Å². The monoisotopic (exact) mass is 481 g/mol. The molecule has 1 aliphatic rings. The summed E-state index contributed by atoms with van der Waals surface area (Å²) >= 11 is 12.4. The first kappa shape index (κ1) is 22.9. The summed E-state index contributed by atoms with van der Waals surface area (Å²) in [5.74, 6) is -1.16. The van der Waals surface area contributed by atoms with Crippen LogP contribution in [0.5, 0.6) is 5.75 Å². The fraction of sp³-hybridized carbons (Fsp3) is 0.154. The van der Waals surface area contributed by atoms with Crippen LogP contribution >= 0.6 is 23.2 Å². The molecule has 0 bridgehead atoms. The summed E-state index contributed by atoms with van der Waals surface area (Å²) in [6.45, 7) is 4.23. The normalized spacial score (nSPS) is 17.5. The van der Waals surface area contributed by atoms with Crippen LogP contribution in [0, 0.1) is 6.92 Å². The molecule has 3 aromatic rings. The number of hydrogen-bond donors (Lipinski definition) is 1. The number of halogens is 2. The highest BCUT2D eigenvalue weighted by atomic mass is 35.5. The van der Waals surface area contributed by atoms with Crippen molar-refractivity contribution in [1.82, 2.24) is 0 Å². The molecule has 1 unspecified atom stereocenters. The lowest BCUT2D eigenvalue weighted by Gasteiger charge is -2.26. The van der Waals surface area contributed by atoms with Crippen LogP contribution in [-0.2, 0) is 9.59 Å². The summed E-state index contributed by atoms with van der Waals surface area (Å²) < 4.78 is 5.45. The van der Waals surface area contributed by atoms with Gasteiger partial charge in [0.25, 0.3) is 11.7 Å². The van der Waals surface area contributed by atoms with Gasteiger partial charge in [-0.3, -0.25) is 14.5 Å². The van der Waals surface area contributed by atoms with Gasteiger partial charge in [0.2, 0.25) is 0 Å². The number of aryl methyl sites for hydroxylation is 1. The van der Waals surface area contributed by atoms with Gasteiger partial charge in [-0.2, -0.15) is 0 Å². The first-order valence-electron chi connectivity index (χ1n) is 10.4. The molecule has 1 atom stereocenters. The minimum Gasteiger partial charge on any atom is -0.507 e. The van der Waals surface area contributed by atoms with Crippen molar-refractivity contribution < 1.29 is 19.4 Å². The standard InChI is InChI=1S/C26H21Cl2NO4/c1-3-33-20-12-7-17(8-13-20)24(30)22-23(16-5-9-18(27)10-6-16)29(26(32)25(22)31)19-11-4-15(2)21(28)14-19/h4-14,23,30H,3H2,1-2H3/b24-22+. The maximum Gasteiger partial charge on any atom is 0.300 e. The molecule has 0 radical (unpaired) electrons. The Morgan fingerprint density at radius 1 is 1.00 bits per heavy atom. The smallest absolute Gasteiger partial charge is 0.300 e. The van der Waals surface area contributed by atoms with E-state index in [1.165, 1.54) is 4.90 Å². The molecule has 4 rings (SSSR count). The Morgan fingerprint density at radius 3 is 2.27 bits per heavy atom. The van der Waals surface area contributed by atoms with Crippen molar-refractivity contribution >= 4 is 46.3 Å². The molecule has 0 aromatic heterocycles. The van der Waals surface area contributed by atoms with E-state index in [1.807, 2.05) is 13.8 Å². The Labute approximate surface area is 201 Å². The molecule has 1 fully saturated rings. The van der Waals surface area contributed by atoms with Crippen molar-refractivity contribution in [2.24, 2.45) is 0 Å². The number of aliphatic hydroxyl groups excluding tert-OH is 1. The molecule has 5 nitrogen and oxygen atoms in total. The van der Waals surface area contributed by atoms with E-state index in [4.69, 9.17) is 27.9 Å². The highest BCUT2D eigenvalue weighted by molar-refractivity contribution is 6.51. The minimum absolute atomic E-state index is 0.0109. The molecule has 1 saturated heterocycles. The summed E-state index contributed by atoms with van der Waals surface area (Å²) in [5.41, 5.74) is 2.32. The first-order valence-corrected chi connectivity index (χ1v) is 11.1. The number of carbonyl (C=O) groups excluding carboxylic acids is 2. The van der Waals surface area contributed by atoms with E-state index in [2.05, 4.69) is 0 Å². The van der Waals surface area contributed by atoms with Gasteiger partial charge in [-0.15, -0.1) is 0 Å². The molecule has 33 heavy (non-hydrogen) atoms. The number of nitrogens with zero attached hydrogens (tertiary/aromatic N) is 1. The van der Waals surface area contributed by atoms with Crippen LogP contribution in [0.3, 0.4) is 0 Å². The molecular weight excluding hydrogens is 461 g/mol. The maximum atomic E-state index is 13.2. The zero-order valence-corrected chi connectivity index (χ0v) is 19.5. The van der Waals surface area contributed by atoms with Crippen LogP contribution in [-0.4, -0.2) is 23.4 Å². The topological polar surface area (TPSA) is 66.8 Å². The number of ether oxygens (including phenoxy) is 1. The Morgan fingerprint density at radius 2 is 1.67 bits per heavy atom. The molecule has 1 heterocycles. The van der Waals surface area contributed by atoms with Gasteiger partial charge < -0.3 is 9.84 Å². The third-order valence-corrected chi connectivity index (χ3v) is 6.16. The highest BCUT2D eigenvalue weighted by Crippen LogP contribution is 2.43. The van der Waals surface area contributed by atoms with Crippen molar-refractivity contribution in [3.63, 3.8) is 0 Å². The number of anilines is 1. The number of ketones is 1. The second-order valence-electron chi connectivity index (χ2n) is 7.61. The largest absolute Gasteiger partial charge is 0.507 e. The average molecular weight is 482 g/mol. The summed E-state index contributed by atoms with van der Waals surface area (Å²) in [4.78, 5) is 27.7. The first-order chi connectivity index (χ1) is 15.8. The Balaban J connectivity index is 1.89. The maximum absolute atomic E-state index is 13.2. The van der Waals surface area contributed by atoms with Crippen LogP contribution < -0.4 is 9.64 Å². The molecule has 7 heteroatoms. The van der Waals surface area contributed by atoms with Gasteiger partial charge in [0.15, 0.2) is 0 Å². The van der Waals surface area contributed by atoms with Crippen LogP contribution in [0.15, 0.2) is 72.3 Å². The van der Waals surface area contributed by atoms with Gasteiger partial charge in [-0.1, -0.05) is 41.4 Å². The molecule has 1 amide bonds. The van der Waals surface area contributed by atoms with Crippen molar-refractivity contribution in [3.05, 3.63) is 99.0 Å². The number of Topliss-reactive ketones (excluding diaryl/α,β-unsaturated/α-hetero) is 1. The van der Waals surface area contributed by atoms with Crippen molar-refractivity contribution in [3.8, 4) is 5.75 Å². The molecule has 0 spiro atoms. The summed E-state index contributed by atoms with van der Waals surface area (Å²) in [7, 11) is 0. The second-order valence-corrected chi connectivity index (χ2v) is 8.46. The quantitative estimate of drug-likeness (QED) is 0.262. The van der Waals surface area contributed by atoms with Crippen molar-refractivity contribution in [2.45, 2.75) is 19.9 Å². The predicted octanol–water partition coefficient (Wildman–Crippen LogP) is 6.33. The molecule has 0 aliphatic carbocycles. The third-order valence-electron chi connectivity index (χ3n) is 5.50. The zero-order valence-electron chi connectivity index (χ0n) is 18.0. The van der Waals surface area contributed by atoms with E-state index >= 15 is 0 Å². The number of benzene rings is 3. The lowest BCUT2D eigenvalue weighted by atomic mass is 9.95. The van der Waals surface area contributed by atoms with Crippen molar-refractivity contribution in [2.75, 3.05) is 11.5 Å².